The number of hydrogen-bond donors (Lipinski definition) is 0. The Labute approximate surface area is 70.7 Å². The lowest BCUT2D eigenvalue weighted by Crippen LogP contribution is -1.94. The van der Waals surface area contributed by atoms with E-state index in [4.69, 9.17) is 23.2 Å². The Morgan fingerprint density at radius 3 is 2.50 bits per heavy atom. The highest BCUT2D eigenvalue weighted by atomic mass is 35.5. The fraction of sp³-hybridized carbons (Fsp3) is 0.857. The van der Waals surface area contributed by atoms with E-state index in [0.29, 0.717) is 12.3 Å². The predicted molar refractivity (Wildman–Crippen MR) is 42.5 cm³/mol. The van der Waals surface area contributed by atoms with Crippen LogP contribution in [0.2, 0.25) is 0 Å². The zero-order valence-electron chi connectivity index (χ0n) is 5.86. The minimum atomic E-state index is -0.505. The standard InChI is InChI=1S/C7H10Cl2O/c1-5(10)2-3-6-4-7(6,8)9/h6H,2-4H2,1H3/t6-/m0/s1. The number of ketones is 1. The average molecular weight is 181 g/mol. The molecule has 0 aromatic rings. The Morgan fingerprint density at radius 2 is 2.20 bits per heavy atom. The Kier molecular flexibility index (Phi) is 2.26. The first-order chi connectivity index (χ1) is 4.52. The molecule has 0 unspecified atom stereocenters. The van der Waals surface area contributed by atoms with Crippen molar-refractivity contribution in [3.05, 3.63) is 0 Å². The topological polar surface area (TPSA) is 17.1 Å². The molecular weight excluding hydrogens is 171 g/mol. The highest BCUT2D eigenvalue weighted by molar-refractivity contribution is 6.50. The molecule has 0 amide bonds. The van der Waals surface area contributed by atoms with Gasteiger partial charge in [-0.2, -0.15) is 0 Å². The molecule has 0 heterocycles. The number of rotatable bonds is 3. The normalized spacial score (nSPS) is 28.1. The van der Waals surface area contributed by atoms with Crippen molar-refractivity contribution >= 4 is 29.0 Å². The number of hydrogen-bond acceptors (Lipinski definition) is 1. The molecule has 0 aliphatic heterocycles. The van der Waals surface area contributed by atoms with Gasteiger partial charge in [-0.15, -0.1) is 23.2 Å². The molecule has 0 N–H and O–H groups in total. The highest BCUT2D eigenvalue weighted by Crippen LogP contribution is 2.55. The molecule has 1 aliphatic rings. The van der Waals surface area contributed by atoms with Gasteiger partial charge in [0.2, 0.25) is 0 Å². The van der Waals surface area contributed by atoms with E-state index in [1.165, 1.54) is 0 Å². The van der Waals surface area contributed by atoms with Gasteiger partial charge in [-0.1, -0.05) is 0 Å². The van der Waals surface area contributed by atoms with Crippen LogP contribution in [-0.2, 0) is 4.79 Å². The third-order valence-electron chi connectivity index (χ3n) is 1.80. The lowest BCUT2D eigenvalue weighted by Gasteiger charge is -1.95. The fourth-order valence-corrected chi connectivity index (χ4v) is 1.55. The van der Waals surface area contributed by atoms with Crippen LogP contribution in [0.4, 0.5) is 0 Å². The third-order valence-corrected chi connectivity index (χ3v) is 2.73. The SMILES string of the molecule is CC(=O)CC[C@H]1CC1(Cl)Cl. The van der Waals surface area contributed by atoms with Crippen LogP contribution in [-0.4, -0.2) is 10.1 Å². The number of carbonyl (C=O) groups excluding carboxylic acids is 1. The number of Topliss-reactive ketones (excluding diaryl/α,β-unsaturated/α-hetero) is 1. The molecule has 0 aromatic heterocycles. The Hall–Kier alpha value is 0.250. The van der Waals surface area contributed by atoms with E-state index in [2.05, 4.69) is 0 Å². The summed E-state index contributed by atoms with van der Waals surface area (Å²) < 4.78 is -0.505. The lowest BCUT2D eigenvalue weighted by atomic mass is 10.2. The van der Waals surface area contributed by atoms with Crippen molar-refractivity contribution in [1.82, 2.24) is 0 Å². The summed E-state index contributed by atoms with van der Waals surface area (Å²) in [6.07, 6.45) is 2.32. The zero-order valence-corrected chi connectivity index (χ0v) is 7.37. The molecule has 10 heavy (non-hydrogen) atoms. The largest absolute Gasteiger partial charge is 0.300 e. The molecule has 1 nitrogen and oxygen atoms in total. The summed E-state index contributed by atoms with van der Waals surface area (Å²) in [5.41, 5.74) is 0. The molecule has 1 aliphatic carbocycles. The van der Waals surface area contributed by atoms with Gasteiger partial charge in [0.1, 0.15) is 10.1 Å². The van der Waals surface area contributed by atoms with Crippen molar-refractivity contribution in [2.24, 2.45) is 5.92 Å². The Balaban J connectivity index is 2.13. The molecule has 1 rings (SSSR count). The van der Waals surface area contributed by atoms with Crippen molar-refractivity contribution in [1.29, 1.82) is 0 Å². The summed E-state index contributed by atoms with van der Waals surface area (Å²) in [7, 11) is 0. The van der Waals surface area contributed by atoms with E-state index in [1.807, 2.05) is 0 Å². The van der Waals surface area contributed by atoms with E-state index in [1.54, 1.807) is 6.92 Å². The van der Waals surface area contributed by atoms with Gasteiger partial charge in [-0.05, 0) is 25.7 Å². The minimum absolute atomic E-state index is 0.219. The maximum Gasteiger partial charge on any atom is 0.129 e. The van der Waals surface area contributed by atoms with Crippen molar-refractivity contribution in [3.63, 3.8) is 0 Å². The van der Waals surface area contributed by atoms with Gasteiger partial charge >= 0.3 is 0 Å². The molecule has 0 saturated heterocycles. The third kappa shape index (κ3) is 2.14. The molecule has 3 heteroatoms. The quantitative estimate of drug-likeness (QED) is 0.611. The average Bonchev–Trinajstić information content (AvgIpc) is 2.35. The van der Waals surface area contributed by atoms with E-state index >= 15 is 0 Å². The van der Waals surface area contributed by atoms with Crippen LogP contribution < -0.4 is 0 Å². The summed E-state index contributed by atoms with van der Waals surface area (Å²) in [6, 6.07) is 0. The first kappa shape index (κ1) is 8.35. The molecule has 0 aromatic carbocycles. The molecule has 1 fully saturated rings. The number of alkyl halides is 2. The minimum Gasteiger partial charge on any atom is -0.300 e. The van der Waals surface area contributed by atoms with Crippen LogP contribution in [0.3, 0.4) is 0 Å². The van der Waals surface area contributed by atoms with E-state index in [9.17, 15) is 4.79 Å². The number of halogens is 2. The predicted octanol–water partition coefficient (Wildman–Crippen LogP) is 2.55. The zero-order chi connectivity index (χ0) is 7.78. The van der Waals surface area contributed by atoms with Crippen LogP contribution >= 0.6 is 23.2 Å². The summed E-state index contributed by atoms with van der Waals surface area (Å²) in [6.45, 7) is 1.59. The monoisotopic (exact) mass is 180 g/mol. The van der Waals surface area contributed by atoms with Crippen LogP contribution in [0.1, 0.15) is 26.2 Å². The second-order valence-corrected chi connectivity index (χ2v) is 4.45. The van der Waals surface area contributed by atoms with Crippen molar-refractivity contribution < 1.29 is 4.79 Å². The summed E-state index contributed by atoms with van der Waals surface area (Å²) >= 11 is 11.5. The van der Waals surface area contributed by atoms with Gasteiger partial charge in [0.25, 0.3) is 0 Å². The van der Waals surface area contributed by atoms with Crippen LogP contribution in [0.15, 0.2) is 0 Å². The van der Waals surface area contributed by atoms with Gasteiger partial charge in [0.05, 0.1) is 0 Å². The maximum absolute atomic E-state index is 10.5. The molecular formula is C7H10Cl2O. The maximum atomic E-state index is 10.5. The molecule has 58 valence electrons. The summed E-state index contributed by atoms with van der Waals surface area (Å²) in [5, 5.41) is 0. The van der Waals surface area contributed by atoms with E-state index in [0.717, 1.165) is 12.8 Å². The van der Waals surface area contributed by atoms with Crippen molar-refractivity contribution in [2.75, 3.05) is 0 Å². The number of carbonyl (C=O) groups is 1. The molecule has 0 bridgehead atoms. The van der Waals surface area contributed by atoms with Gasteiger partial charge < -0.3 is 4.79 Å². The molecule has 0 spiro atoms. The Morgan fingerprint density at radius 1 is 1.70 bits per heavy atom. The van der Waals surface area contributed by atoms with Gasteiger partial charge in [-0.3, -0.25) is 0 Å². The van der Waals surface area contributed by atoms with E-state index in [-0.39, 0.29) is 5.78 Å². The molecule has 0 radical (unpaired) electrons. The van der Waals surface area contributed by atoms with Crippen LogP contribution in [0, 0.1) is 5.92 Å². The van der Waals surface area contributed by atoms with Gasteiger partial charge in [0.15, 0.2) is 0 Å². The van der Waals surface area contributed by atoms with Crippen LogP contribution in [0.25, 0.3) is 0 Å². The van der Waals surface area contributed by atoms with Crippen molar-refractivity contribution in [3.8, 4) is 0 Å². The summed E-state index contributed by atoms with van der Waals surface area (Å²) in [4.78, 5) is 10.5. The fourth-order valence-electron chi connectivity index (χ4n) is 0.960. The summed E-state index contributed by atoms with van der Waals surface area (Å²) in [5.74, 6) is 0.579. The first-order valence-electron chi connectivity index (χ1n) is 3.39. The Bertz CT molecular complexity index is 154. The first-order valence-corrected chi connectivity index (χ1v) is 4.15. The van der Waals surface area contributed by atoms with E-state index < -0.39 is 4.33 Å². The lowest BCUT2D eigenvalue weighted by molar-refractivity contribution is -0.117. The molecule has 1 atom stereocenters. The van der Waals surface area contributed by atoms with Gasteiger partial charge in [-0.25, -0.2) is 0 Å². The second kappa shape index (κ2) is 2.71. The van der Waals surface area contributed by atoms with Crippen LogP contribution in [0.5, 0.6) is 0 Å². The highest BCUT2D eigenvalue weighted by Gasteiger charge is 2.50. The smallest absolute Gasteiger partial charge is 0.129 e. The van der Waals surface area contributed by atoms with Crippen molar-refractivity contribution in [2.45, 2.75) is 30.5 Å². The second-order valence-electron chi connectivity index (χ2n) is 2.90. The van der Waals surface area contributed by atoms with Gasteiger partial charge in [0, 0.05) is 6.42 Å². The molecule has 1 saturated carbocycles.